The summed E-state index contributed by atoms with van der Waals surface area (Å²) < 4.78 is 32.3. The molecule has 0 aliphatic carbocycles. The summed E-state index contributed by atoms with van der Waals surface area (Å²) in [7, 11) is -2.29. The van der Waals surface area contributed by atoms with Gasteiger partial charge in [0.1, 0.15) is 17.3 Å². The van der Waals surface area contributed by atoms with Crippen molar-refractivity contribution >= 4 is 21.6 Å². The monoisotopic (exact) mass is 265 g/mol. The Labute approximate surface area is 99.2 Å². The third-order valence-corrected chi connectivity index (χ3v) is 3.16. The molecule has 1 rings (SSSR count). The van der Waals surface area contributed by atoms with E-state index in [0.29, 0.717) is 19.0 Å². The van der Waals surface area contributed by atoms with Crippen molar-refractivity contribution in [2.45, 2.75) is 4.90 Å². The van der Waals surface area contributed by atoms with Gasteiger partial charge < -0.3 is 9.47 Å². The topological polar surface area (TPSA) is 78.6 Å². The van der Waals surface area contributed by atoms with Crippen molar-refractivity contribution in [2.75, 3.05) is 20.3 Å². The van der Waals surface area contributed by atoms with Gasteiger partial charge in [0.15, 0.2) is 0 Å². The van der Waals surface area contributed by atoms with Crippen LogP contribution in [-0.2, 0) is 14.8 Å². The van der Waals surface area contributed by atoms with E-state index in [2.05, 4.69) is 0 Å². The second kappa shape index (κ2) is 5.49. The molecule has 5 nitrogen and oxygen atoms in total. The van der Waals surface area contributed by atoms with Crippen LogP contribution in [0.1, 0.15) is 0 Å². The van der Waals surface area contributed by atoms with Crippen LogP contribution in [0.15, 0.2) is 23.1 Å². The number of benzene rings is 1. The van der Waals surface area contributed by atoms with E-state index < -0.39 is 10.0 Å². The predicted octanol–water partition coefficient (Wildman–Crippen LogP) is 1.01. The van der Waals surface area contributed by atoms with Gasteiger partial charge in [0, 0.05) is 13.2 Å². The highest BCUT2D eigenvalue weighted by Crippen LogP contribution is 2.25. The van der Waals surface area contributed by atoms with Crippen molar-refractivity contribution in [3.8, 4) is 5.75 Å². The minimum Gasteiger partial charge on any atom is -0.491 e. The van der Waals surface area contributed by atoms with Gasteiger partial charge in [-0.3, -0.25) is 0 Å². The van der Waals surface area contributed by atoms with Gasteiger partial charge >= 0.3 is 0 Å². The summed E-state index contributed by atoms with van der Waals surface area (Å²) in [6, 6.07) is 4.27. The summed E-state index contributed by atoms with van der Waals surface area (Å²) in [5.74, 6) is 0.380. The van der Waals surface area contributed by atoms with Crippen molar-refractivity contribution in [2.24, 2.45) is 5.14 Å². The van der Waals surface area contributed by atoms with Crippen LogP contribution < -0.4 is 9.88 Å². The fourth-order valence-corrected chi connectivity index (χ4v) is 2.09. The van der Waals surface area contributed by atoms with E-state index in [1.807, 2.05) is 0 Å². The highest BCUT2D eigenvalue weighted by Gasteiger charge is 2.13. The van der Waals surface area contributed by atoms with Gasteiger partial charge in [0.05, 0.1) is 11.6 Å². The van der Waals surface area contributed by atoms with E-state index in [0.717, 1.165) is 0 Å². The molecular formula is C9H12ClNO4S. The van der Waals surface area contributed by atoms with Crippen LogP contribution in [-0.4, -0.2) is 28.7 Å². The molecule has 0 fully saturated rings. The molecule has 0 atom stereocenters. The summed E-state index contributed by atoms with van der Waals surface area (Å²) in [6.45, 7) is 0.732. The highest BCUT2D eigenvalue weighted by atomic mass is 35.5. The number of nitrogens with two attached hydrogens (primary N) is 1. The summed E-state index contributed by atoms with van der Waals surface area (Å²) in [4.78, 5) is -0.149. The molecule has 0 aliphatic rings. The minimum absolute atomic E-state index is 0.0709. The largest absolute Gasteiger partial charge is 0.491 e. The van der Waals surface area contributed by atoms with Gasteiger partial charge in [0.25, 0.3) is 0 Å². The molecule has 0 spiro atoms. The Hall–Kier alpha value is -0.820. The maximum absolute atomic E-state index is 11.1. The van der Waals surface area contributed by atoms with Crippen LogP contribution in [0.5, 0.6) is 5.75 Å². The Morgan fingerprint density at radius 2 is 2.06 bits per heavy atom. The summed E-state index contributed by atoms with van der Waals surface area (Å²) in [5, 5.41) is 5.06. The third kappa shape index (κ3) is 3.64. The Balaban J connectivity index is 2.91. The van der Waals surface area contributed by atoms with E-state index in [-0.39, 0.29) is 9.92 Å². The Morgan fingerprint density at radius 1 is 1.38 bits per heavy atom. The Kier molecular flexibility index (Phi) is 4.55. The molecule has 0 amide bonds. The summed E-state index contributed by atoms with van der Waals surface area (Å²) >= 11 is 5.70. The van der Waals surface area contributed by atoms with Gasteiger partial charge in [-0.1, -0.05) is 11.6 Å². The average Bonchev–Trinajstić information content (AvgIpc) is 2.19. The van der Waals surface area contributed by atoms with E-state index in [9.17, 15) is 8.42 Å². The van der Waals surface area contributed by atoms with Crippen molar-refractivity contribution < 1.29 is 17.9 Å². The number of hydrogen-bond acceptors (Lipinski definition) is 4. The number of ether oxygens (including phenoxy) is 2. The lowest BCUT2D eigenvalue weighted by atomic mass is 10.3. The van der Waals surface area contributed by atoms with Crippen LogP contribution in [0.4, 0.5) is 0 Å². The Bertz CT molecular complexity index is 461. The molecule has 0 aliphatic heterocycles. The van der Waals surface area contributed by atoms with Crippen LogP contribution in [0.2, 0.25) is 5.02 Å². The molecule has 0 unspecified atom stereocenters. The van der Waals surface area contributed by atoms with Gasteiger partial charge in [-0.25, -0.2) is 13.6 Å². The maximum Gasteiger partial charge on any atom is 0.239 e. The van der Waals surface area contributed by atoms with Crippen molar-refractivity contribution in [1.82, 2.24) is 0 Å². The number of methoxy groups -OCH3 is 1. The van der Waals surface area contributed by atoms with Crippen LogP contribution in [0.25, 0.3) is 0 Å². The molecule has 16 heavy (non-hydrogen) atoms. The summed E-state index contributed by atoms with van der Waals surface area (Å²) in [5.41, 5.74) is 0. The quantitative estimate of drug-likeness (QED) is 0.806. The first-order chi connectivity index (χ1) is 7.45. The fraction of sp³-hybridized carbons (Fsp3) is 0.333. The second-order valence-corrected chi connectivity index (χ2v) is 4.92. The molecule has 1 aromatic rings. The van der Waals surface area contributed by atoms with Crippen LogP contribution in [0, 0.1) is 0 Å². The number of primary sulfonamides is 1. The molecule has 90 valence electrons. The van der Waals surface area contributed by atoms with Gasteiger partial charge in [-0.15, -0.1) is 0 Å². The lowest BCUT2D eigenvalue weighted by Crippen LogP contribution is -2.13. The SMILES string of the molecule is COCCOc1ccc(Cl)c(S(N)(=O)=O)c1. The molecule has 0 aromatic heterocycles. The molecule has 2 N–H and O–H groups in total. The lowest BCUT2D eigenvalue weighted by Gasteiger charge is -2.07. The standard InChI is InChI=1S/C9H12ClNO4S/c1-14-4-5-15-7-2-3-8(10)9(6-7)16(11,12)13/h2-3,6H,4-5H2,1H3,(H2,11,12,13). The van der Waals surface area contributed by atoms with Crippen molar-refractivity contribution in [3.63, 3.8) is 0 Å². The van der Waals surface area contributed by atoms with Gasteiger partial charge in [0.2, 0.25) is 10.0 Å². The number of halogens is 1. The van der Waals surface area contributed by atoms with Crippen LogP contribution >= 0.6 is 11.6 Å². The second-order valence-electron chi connectivity index (χ2n) is 2.98. The molecule has 0 saturated heterocycles. The van der Waals surface area contributed by atoms with Gasteiger partial charge in [-0.2, -0.15) is 0 Å². The number of rotatable bonds is 5. The zero-order valence-electron chi connectivity index (χ0n) is 8.64. The smallest absolute Gasteiger partial charge is 0.239 e. The predicted molar refractivity (Wildman–Crippen MR) is 60.2 cm³/mol. The summed E-state index contributed by atoms with van der Waals surface area (Å²) in [6.07, 6.45) is 0. The average molecular weight is 266 g/mol. The van der Waals surface area contributed by atoms with E-state index in [1.165, 1.54) is 12.1 Å². The Morgan fingerprint density at radius 3 is 2.62 bits per heavy atom. The van der Waals surface area contributed by atoms with E-state index in [1.54, 1.807) is 13.2 Å². The molecule has 0 bridgehead atoms. The molecule has 0 radical (unpaired) electrons. The molecular weight excluding hydrogens is 254 g/mol. The van der Waals surface area contributed by atoms with E-state index >= 15 is 0 Å². The number of sulfonamides is 1. The van der Waals surface area contributed by atoms with Crippen LogP contribution in [0.3, 0.4) is 0 Å². The molecule has 0 heterocycles. The first kappa shape index (κ1) is 13.2. The molecule has 7 heteroatoms. The zero-order chi connectivity index (χ0) is 12.2. The van der Waals surface area contributed by atoms with E-state index in [4.69, 9.17) is 26.2 Å². The van der Waals surface area contributed by atoms with Gasteiger partial charge in [-0.05, 0) is 12.1 Å². The van der Waals surface area contributed by atoms with Crippen molar-refractivity contribution in [3.05, 3.63) is 23.2 Å². The van der Waals surface area contributed by atoms with Crippen molar-refractivity contribution in [1.29, 1.82) is 0 Å². The first-order valence-electron chi connectivity index (χ1n) is 4.39. The minimum atomic E-state index is -3.83. The fourth-order valence-electron chi connectivity index (χ4n) is 1.03. The normalized spacial score (nSPS) is 11.4. The zero-order valence-corrected chi connectivity index (χ0v) is 10.2. The third-order valence-electron chi connectivity index (χ3n) is 1.77. The molecule has 1 aromatic carbocycles. The first-order valence-corrected chi connectivity index (χ1v) is 6.31. The highest BCUT2D eigenvalue weighted by molar-refractivity contribution is 7.89. The molecule has 0 saturated carbocycles. The number of hydrogen-bond donors (Lipinski definition) is 1. The lowest BCUT2D eigenvalue weighted by molar-refractivity contribution is 0.146. The maximum atomic E-state index is 11.1.